The van der Waals surface area contributed by atoms with Gasteiger partial charge in [-0.1, -0.05) is 0 Å². The normalized spacial score (nSPS) is 17.2. The van der Waals surface area contributed by atoms with E-state index in [1.54, 1.807) is 10.7 Å². The average molecular weight is 238 g/mol. The molecule has 0 saturated carbocycles. The fraction of sp³-hybridized carbons (Fsp3) is 0.636. The Hall–Kier alpha value is -1.40. The van der Waals surface area contributed by atoms with Crippen LogP contribution in [0, 0.1) is 0 Å². The molecule has 1 fully saturated rings. The number of rotatable bonds is 4. The van der Waals surface area contributed by atoms with Crippen LogP contribution in [0.15, 0.2) is 6.07 Å². The molecule has 1 aliphatic heterocycles. The Balaban J connectivity index is 2.07. The third-order valence-corrected chi connectivity index (χ3v) is 2.94. The molecule has 2 rings (SSSR count). The molecule has 94 valence electrons. The summed E-state index contributed by atoms with van der Waals surface area (Å²) < 4.78 is 1.54. The average Bonchev–Trinajstić information content (AvgIpc) is 2.73. The predicted octanol–water partition coefficient (Wildman–Crippen LogP) is 0.00640. The smallest absolute Gasteiger partial charge is 0.354 e. The van der Waals surface area contributed by atoms with E-state index in [0.29, 0.717) is 6.54 Å². The van der Waals surface area contributed by atoms with Crippen LogP contribution in [0.5, 0.6) is 0 Å². The molecule has 0 atom stereocenters. The number of carbonyl (C=O) groups is 1. The summed E-state index contributed by atoms with van der Waals surface area (Å²) in [7, 11) is 0. The zero-order chi connectivity index (χ0) is 12.3. The highest BCUT2D eigenvalue weighted by molar-refractivity contribution is 5.85. The number of carboxylic acids is 1. The van der Waals surface area contributed by atoms with E-state index in [2.05, 4.69) is 15.3 Å². The number of nitrogens with zero attached hydrogens (tertiary/aromatic N) is 3. The van der Waals surface area contributed by atoms with Crippen LogP contribution < -0.4 is 5.32 Å². The van der Waals surface area contributed by atoms with Crippen molar-refractivity contribution in [1.82, 2.24) is 20.0 Å². The first kappa shape index (κ1) is 12.1. The van der Waals surface area contributed by atoms with Gasteiger partial charge in [0, 0.05) is 39.3 Å². The van der Waals surface area contributed by atoms with E-state index < -0.39 is 5.97 Å². The van der Waals surface area contributed by atoms with Crippen LogP contribution in [0.2, 0.25) is 0 Å². The molecule has 0 aliphatic carbocycles. The van der Waals surface area contributed by atoms with E-state index in [4.69, 9.17) is 5.11 Å². The van der Waals surface area contributed by atoms with Gasteiger partial charge in [0.1, 0.15) is 5.69 Å². The third-order valence-electron chi connectivity index (χ3n) is 2.94. The minimum atomic E-state index is -0.911. The van der Waals surface area contributed by atoms with Gasteiger partial charge in [0.15, 0.2) is 0 Å². The molecule has 0 spiro atoms. The largest absolute Gasteiger partial charge is 0.477 e. The van der Waals surface area contributed by atoms with Gasteiger partial charge in [0.25, 0.3) is 0 Å². The van der Waals surface area contributed by atoms with Crippen molar-refractivity contribution < 1.29 is 9.90 Å². The Morgan fingerprint density at radius 3 is 2.76 bits per heavy atom. The number of aryl methyl sites for hydroxylation is 1. The molecule has 6 nitrogen and oxygen atoms in total. The first-order chi connectivity index (χ1) is 8.20. The van der Waals surface area contributed by atoms with E-state index in [-0.39, 0.29) is 5.69 Å². The first-order valence-electron chi connectivity index (χ1n) is 5.93. The van der Waals surface area contributed by atoms with E-state index in [9.17, 15) is 4.79 Å². The summed E-state index contributed by atoms with van der Waals surface area (Å²) in [6.07, 6.45) is 0. The number of carboxylic acid groups (broad SMARTS) is 1. The van der Waals surface area contributed by atoms with Crippen molar-refractivity contribution in [3.05, 3.63) is 17.5 Å². The molecule has 0 radical (unpaired) electrons. The van der Waals surface area contributed by atoms with Crippen LogP contribution in [0.4, 0.5) is 0 Å². The summed E-state index contributed by atoms with van der Waals surface area (Å²) in [6.45, 7) is 7.16. The molecule has 0 amide bonds. The Labute approximate surface area is 100 Å². The molecule has 1 aromatic rings. The molecule has 0 aromatic carbocycles. The van der Waals surface area contributed by atoms with Crippen LogP contribution in [0.1, 0.15) is 23.1 Å². The monoisotopic (exact) mass is 238 g/mol. The molecule has 1 saturated heterocycles. The van der Waals surface area contributed by atoms with Gasteiger partial charge in [0.05, 0.1) is 5.69 Å². The van der Waals surface area contributed by atoms with E-state index in [1.807, 2.05) is 6.92 Å². The molecule has 2 N–H and O–H groups in total. The minimum Gasteiger partial charge on any atom is -0.477 e. The van der Waals surface area contributed by atoms with Crippen LogP contribution in [0.25, 0.3) is 0 Å². The minimum absolute atomic E-state index is 0.276. The zero-order valence-electron chi connectivity index (χ0n) is 10.0. The van der Waals surface area contributed by atoms with Crippen molar-refractivity contribution >= 4 is 5.97 Å². The van der Waals surface area contributed by atoms with Crippen LogP contribution in [0.3, 0.4) is 0 Å². The predicted molar refractivity (Wildman–Crippen MR) is 63.0 cm³/mol. The van der Waals surface area contributed by atoms with Crippen molar-refractivity contribution in [2.75, 3.05) is 26.2 Å². The summed E-state index contributed by atoms with van der Waals surface area (Å²) in [5.41, 5.74) is 1.11. The maximum absolute atomic E-state index is 11.0. The number of aromatic carboxylic acids is 1. The summed E-state index contributed by atoms with van der Waals surface area (Å²) in [6, 6.07) is 1.67. The second kappa shape index (κ2) is 5.29. The standard InChI is InChI=1S/C11H18N4O2/c1-2-15-10(11(16)17)7-9(13-15)8-14-5-3-12-4-6-14/h7,12H,2-6,8H2,1H3,(H,16,17). The van der Waals surface area contributed by atoms with Crippen molar-refractivity contribution in [3.63, 3.8) is 0 Å². The summed E-state index contributed by atoms with van der Waals surface area (Å²) in [4.78, 5) is 13.3. The molecule has 2 heterocycles. The molecular weight excluding hydrogens is 220 g/mol. The van der Waals surface area contributed by atoms with E-state index in [0.717, 1.165) is 38.4 Å². The fourth-order valence-corrected chi connectivity index (χ4v) is 2.06. The SMILES string of the molecule is CCn1nc(CN2CCNCC2)cc1C(=O)O. The van der Waals surface area contributed by atoms with E-state index in [1.165, 1.54) is 0 Å². The molecule has 1 aliphatic rings. The van der Waals surface area contributed by atoms with Crippen LogP contribution in [-0.4, -0.2) is 51.9 Å². The van der Waals surface area contributed by atoms with Crippen LogP contribution >= 0.6 is 0 Å². The highest BCUT2D eigenvalue weighted by Crippen LogP contribution is 2.08. The molecule has 1 aromatic heterocycles. The van der Waals surface area contributed by atoms with Crippen molar-refractivity contribution in [1.29, 1.82) is 0 Å². The molecular formula is C11H18N4O2. The Bertz CT molecular complexity index is 396. The number of nitrogens with one attached hydrogen (secondary N) is 1. The number of hydrogen-bond donors (Lipinski definition) is 2. The molecule has 17 heavy (non-hydrogen) atoms. The van der Waals surface area contributed by atoms with Crippen molar-refractivity contribution in [2.24, 2.45) is 0 Å². The summed E-state index contributed by atoms with van der Waals surface area (Å²) in [5, 5.41) is 16.6. The lowest BCUT2D eigenvalue weighted by atomic mass is 10.3. The lowest BCUT2D eigenvalue weighted by molar-refractivity contribution is 0.0683. The molecule has 0 unspecified atom stereocenters. The van der Waals surface area contributed by atoms with E-state index >= 15 is 0 Å². The van der Waals surface area contributed by atoms with Gasteiger partial charge >= 0.3 is 5.97 Å². The Kier molecular flexibility index (Phi) is 3.75. The van der Waals surface area contributed by atoms with Gasteiger partial charge in [-0.3, -0.25) is 9.58 Å². The highest BCUT2D eigenvalue weighted by atomic mass is 16.4. The molecule has 0 bridgehead atoms. The lowest BCUT2D eigenvalue weighted by Gasteiger charge is -2.26. The van der Waals surface area contributed by atoms with Gasteiger partial charge in [-0.05, 0) is 13.0 Å². The second-order valence-corrected chi connectivity index (χ2v) is 4.17. The number of hydrogen-bond acceptors (Lipinski definition) is 4. The fourth-order valence-electron chi connectivity index (χ4n) is 2.06. The Morgan fingerprint density at radius 1 is 1.53 bits per heavy atom. The van der Waals surface area contributed by atoms with Crippen LogP contribution in [-0.2, 0) is 13.1 Å². The highest BCUT2D eigenvalue weighted by Gasteiger charge is 2.16. The van der Waals surface area contributed by atoms with Gasteiger partial charge in [0.2, 0.25) is 0 Å². The van der Waals surface area contributed by atoms with Gasteiger partial charge < -0.3 is 10.4 Å². The zero-order valence-corrected chi connectivity index (χ0v) is 10.0. The molecule has 6 heteroatoms. The maximum Gasteiger partial charge on any atom is 0.354 e. The van der Waals surface area contributed by atoms with Gasteiger partial charge in [-0.2, -0.15) is 5.10 Å². The Morgan fingerprint density at radius 2 is 2.24 bits per heavy atom. The second-order valence-electron chi connectivity index (χ2n) is 4.17. The first-order valence-corrected chi connectivity index (χ1v) is 5.93. The summed E-state index contributed by atoms with van der Waals surface area (Å²) >= 11 is 0. The number of aromatic nitrogens is 2. The maximum atomic E-state index is 11.0. The van der Waals surface area contributed by atoms with Gasteiger partial charge in [-0.25, -0.2) is 4.79 Å². The van der Waals surface area contributed by atoms with Crippen molar-refractivity contribution in [3.8, 4) is 0 Å². The number of piperazine rings is 1. The lowest BCUT2D eigenvalue weighted by Crippen LogP contribution is -2.42. The topological polar surface area (TPSA) is 70.4 Å². The quantitative estimate of drug-likeness (QED) is 0.773. The summed E-state index contributed by atoms with van der Waals surface area (Å²) in [5.74, 6) is -0.911. The third kappa shape index (κ3) is 2.83. The van der Waals surface area contributed by atoms with Gasteiger partial charge in [-0.15, -0.1) is 0 Å². The van der Waals surface area contributed by atoms with Crippen molar-refractivity contribution in [2.45, 2.75) is 20.0 Å².